The Morgan fingerprint density at radius 2 is 1.32 bits per heavy atom. The van der Waals surface area contributed by atoms with Crippen molar-refractivity contribution in [3.63, 3.8) is 0 Å². The van der Waals surface area contributed by atoms with Crippen molar-refractivity contribution in [2.24, 2.45) is 0 Å². The van der Waals surface area contributed by atoms with E-state index in [4.69, 9.17) is 14.2 Å². The molecular formula is C32H34N2O7. The average Bonchev–Trinajstić information content (AvgIpc) is 3.80. The number of benzene rings is 3. The van der Waals surface area contributed by atoms with Gasteiger partial charge < -0.3 is 24.8 Å². The van der Waals surface area contributed by atoms with Gasteiger partial charge in [-0.3, -0.25) is 9.59 Å². The maximum atomic E-state index is 13.6. The number of aryl methyl sites for hydroxylation is 1. The standard InChI is InChI=1S/C32H34N2O7/c1-2-39-31(37)29-28(41-29)27(35)25(19-18-22-12-6-3-7-13-22)33-30(36)26(20-23-14-8-4-9-15-23)34-32(38)40-21-24-16-10-5-11-17-24/h3-17,25-26,28-29H,2,18-21H2,1H3,(H,33,36)(H,34,38)/t25-,26-,28+,29-/m0/s1. The first-order valence-electron chi connectivity index (χ1n) is 13.7. The van der Waals surface area contributed by atoms with Crippen LogP contribution in [0, 0.1) is 0 Å². The third-order valence-electron chi connectivity index (χ3n) is 6.62. The molecule has 9 nitrogen and oxygen atoms in total. The number of hydrogen-bond donors (Lipinski definition) is 2. The predicted octanol–water partition coefficient (Wildman–Crippen LogP) is 3.54. The molecule has 0 bridgehead atoms. The quantitative estimate of drug-likeness (QED) is 0.229. The predicted molar refractivity (Wildman–Crippen MR) is 151 cm³/mol. The first-order valence-corrected chi connectivity index (χ1v) is 13.7. The highest BCUT2D eigenvalue weighted by molar-refractivity contribution is 5.99. The number of carbonyl (C=O) groups is 4. The molecule has 0 saturated carbocycles. The van der Waals surface area contributed by atoms with Gasteiger partial charge in [-0.25, -0.2) is 9.59 Å². The number of nitrogens with one attached hydrogen (secondary N) is 2. The average molecular weight is 559 g/mol. The van der Waals surface area contributed by atoms with Crippen LogP contribution in [0.1, 0.15) is 30.0 Å². The highest BCUT2D eigenvalue weighted by Crippen LogP contribution is 2.26. The molecule has 1 fully saturated rings. The van der Waals surface area contributed by atoms with E-state index in [-0.39, 0.29) is 26.1 Å². The summed E-state index contributed by atoms with van der Waals surface area (Å²) >= 11 is 0. The van der Waals surface area contributed by atoms with E-state index in [2.05, 4.69) is 10.6 Å². The lowest BCUT2D eigenvalue weighted by Gasteiger charge is -2.23. The number of alkyl carbamates (subject to hydrolysis) is 1. The maximum Gasteiger partial charge on any atom is 0.408 e. The first-order chi connectivity index (χ1) is 19.9. The smallest absolute Gasteiger partial charge is 0.408 e. The molecular weight excluding hydrogens is 524 g/mol. The molecule has 0 spiro atoms. The lowest BCUT2D eigenvalue weighted by Crippen LogP contribution is -2.53. The minimum atomic E-state index is -1.02. The molecule has 9 heteroatoms. The summed E-state index contributed by atoms with van der Waals surface area (Å²) in [7, 11) is 0. The van der Waals surface area contributed by atoms with E-state index < -0.39 is 48.0 Å². The highest BCUT2D eigenvalue weighted by atomic mass is 16.6. The summed E-state index contributed by atoms with van der Waals surface area (Å²) in [5.41, 5.74) is 2.61. The molecule has 1 aliphatic heterocycles. The molecule has 2 amide bonds. The van der Waals surface area contributed by atoms with Crippen LogP contribution in [0.15, 0.2) is 91.0 Å². The van der Waals surface area contributed by atoms with Crippen molar-refractivity contribution in [3.05, 3.63) is 108 Å². The number of ether oxygens (including phenoxy) is 3. The topological polar surface area (TPSA) is 123 Å². The molecule has 1 saturated heterocycles. The number of esters is 1. The monoisotopic (exact) mass is 558 g/mol. The fraction of sp³-hybridized carbons (Fsp3) is 0.312. The molecule has 4 rings (SSSR count). The summed E-state index contributed by atoms with van der Waals surface area (Å²) in [6.45, 7) is 1.88. The van der Waals surface area contributed by atoms with Crippen LogP contribution in [0.2, 0.25) is 0 Å². The first kappa shape index (κ1) is 29.5. The van der Waals surface area contributed by atoms with E-state index in [1.165, 1.54) is 0 Å². The normalized spacial score (nSPS) is 17.0. The number of amides is 2. The molecule has 1 aliphatic rings. The molecule has 3 aromatic rings. The zero-order valence-electron chi connectivity index (χ0n) is 22.9. The summed E-state index contributed by atoms with van der Waals surface area (Å²) in [5.74, 6) is -1.58. The van der Waals surface area contributed by atoms with Gasteiger partial charge >= 0.3 is 12.1 Å². The Kier molecular flexibility index (Phi) is 10.6. The second-order valence-electron chi connectivity index (χ2n) is 9.67. The molecule has 2 N–H and O–H groups in total. The molecule has 0 aliphatic carbocycles. The minimum absolute atomic E-state index is 0.0405. The number of hydrogen-bond acceptors (Lipinski definition) is 7. The van der Waals surface area contributed by atoms with Crippen LogP contribution < -0.4 is 10.6 Å². The minimum Gasteiger partial charge on any atom is -0.464 e. The summed E-state index contributed by atoms with van der Waals surface area (Å²) < 4.78 is 15.7. The van der Waals surface area contributed by atoms with Crippen LogP contribution in [0.25, 0.3) is 0 Å². The Morgan fingerprint density at radius 1 is 0.732 bits per heavy atom. The van der Waals surface area contributed by atoms with Crippen LogP contribution in [-0.4, -0.2) is 54.7 Å². The van der Waals surface area contributed by atoms with E-state index in [0.717, 1.165) is 16.7 Å². The van der Waals surface area contributed by atoms with Crippen LogP contribution >= 0.6 is 0 Å². The van der Waals surface area contributed by atoms with Crippen molar-refractivity contribution < 1.29 is 33.4 Å². The Morgan fingerprint density at radius 3 is 1.93 bits per heavy atom. The van der Waals surface area contributed by atoms with Crippen molar-refractivity contribution in [1.29, 1.82) is 0 Å². The van der Waals surface area contributed by atoms with Gasteiger partial charge in [0.15, 0.2) is 18.0 Å². The van der Waals surface area contributed by atoms with Gasteiger partial charge in [-0.2, -0.15) is 0 Å². The molecule has 3 aromatic carbocycles. The third kappa shape index (κ3) is 9.01. The molecule has 41 heavy (non-hydrogen) atoms. The van der Waals surface area contributed by atoms with Crippen molar-refractivity contribution in [2.45, 2.75) is 57.1 Å². The number of Topliss-reactive ketones (excluding diaryl/α,β-unsaturated/α-hetero) is 1. The van der Waals surface area contributed by atoms with Crippen molar-refractivity contribution in [2.75, 3.05) is 6.61 Å². The second-order valence-corrected chi connectivity index (χ2v) is 9.67. The second kappa shape index (κ2) is 14.8. The summed E-state index contributed by atoms with van der Waals surface area (Å²) in [5, 5.41) is 5.46. The van der Waals surface area contributed by atoms with Gasteiger partial charge in [-0.1, -0.05) is 91.0 Å². The van der Waals surface area contributed by atoms with E-state index >= 15 is 0 Å². The van der Waals surface area contributed by atoms with Gasteiger partial charge in [-0.05, 0) is 36.5 Å². The van der Waals surface area contributed by atoms with Gasteiger partial charge in [0.05, 0.1) is 12.6 Å². The highest BCUT2D eigenvalue weighted by Gasteiger charge is 2.53. The van der Waals surface area contributed by atoms with Gasteiger partial charge in [-0.15, -0.1) is 0 Å². The van der Waals surface area contributed by atoms with E-state index in [0.29, 0.717) is 6.42 Å². The summed E-state index contributed by atoms with van der Waals surface area (Å²) in [4.78, 5) is 51.8. The molecule has 0 radical (unpaired) electrons. The number of rotatable bonds is 14. The van der Waals surface area contributed by atoms with E-state index in [1.54, 1.807) is 6.92 Å². The van der Waals surface area contributed by atoms with E-state index in [1.807, 2.05) is 91.0 Å². The lowest BCUT2D eigenvalue weighted by molar-refractivity contribution is -0.144. The Hall–Kier alpha value is -4.50. The molecule has 0 unspecified atom stereocenters. The van der Waals surface area contributed by atoms with Gasteiger partial charge in [0.25, 0.3) is 0 Å². The van der Waals surface area contributed by atoms with Crippen molar-refractivity contribution in [3.8, 4) is 0 Å². The van der Waals surface area contributed by atoms with Gasteiger partial charge in [0, 0.05) is 6.42 Å². The summed E-state index contributed by atoms with van der Waals surface area (Å²) in [6, 6.07) is 26.0. The maximum absolute atomic E-state index is 13.6. The number of epoxide rings is 1. The van der Waals surface area contributed by atoms with Crippen LogP contribution in [0.5, 0.6) is 0 Å². The molecule has 4 atom stereocenters. The Bertz CT molecular complexity index is 1300. The van der Waals surface area contributed by atoms with Gasteiger partial charge in [0.1, 0.15) is 12.6 Å². The fourth-order valence-corrected chi connectivity index (χ4v) is 4.41. The van der Waals surface area contributed by atoms with Crippen molar-refractivity contribution in [1.82, 2.24) is 10.6 Å². The van der Waals surface area contributed by atoms with Crippen LogP contribution in [0.4, 0.5) is 4.79 Å². The lowest BCUT2D eigenvalue weighted by atomic mass is 9.98. The largest absolute Gasteiger partial charge is 0.464 e. The van der Waals surface area contributed by atoms with Gasteiger partial charge in [0.2, 0.25) is 5.91 Å². The fourth-order valence-electron chi connectivity index (χ4n) is 4.41. The molecule has 1 heterocycles. The third-order valence-corrected chi connectivity index (χ3v) is 6.62. The zero-order chi connectivity index (χ0) is 29.0. The zero-order valence-corrected chi connectivity index (χ0v) is 22.9. The Labute approximate surface area is 239 Å². The molecule has 214 valence electrons. The van der Waals surface area contributed by atoms with E-state index in [9.17, 15) is 19.2 Å². The van der Waals surface area contributed by atoms with Crippen LogP contribution in [-0.2, 0) is 48.0 Å². The SMILES string of the molecule is CCOC(=O)[C@H]1O[C@@H]1C(=O)[C@H](CCc1ccccc1)NC(=O)[C@H](Cc1ccccc1)NC(=O)OCc1ccccc1. The Balaban J connectivity index is 1.46. The molecule has 0 aromatic heterocycles. The van der Waals surface area contributed by atoms with Crippen molar-refractivity contribution >= 4 is 23.8 Å². The van der Waals surface area contributed by atoms with Crippen LogP contribution in [0.3, 0.4) is 0 Å². The number of ketones is 1. The summed E-state index contributed by atoms with van der Waals surface area (Å²) in [6.07, 6.45) is -1.77. The number of carbonyl (C=O) groups excluding carboxylic acids is 4.